The number of nitrogens with one attached hydrogen (secondary N) is 2. The number of anilines is 1. The van der Waals surface area contributed by atoms with Crippen molar-refractivity contribution in [2.45, 2.75) is 38.6 Å². The molecular weight excluding hydrogens is 506 g/mol. The molecule has 8 heteroatoms. The number of benzene rings is 2. The van der Waals surface area contributed by atoms with Gasteiger partial charge in [-0.3, -0.25) is 0 Å². The third kappa shape index (κ3) is 6.16. The van der Waals surface area contributed by atoms with E-state index in [9.17, 15) is 9.59 Å². The molecule has 0 bridgehead atoms. The summed E-state index contributed by atoms with van der Waals surface area (Å²) in [5, 5.41) is 6.64. The first-order valence-corrected chi connectivity index (χ1v) is 13.5. The second-order valence-corrected chi connectivity index (χ2v) is 9.90. The van der Waals surface area contributed by atoms with Crippen molar-refractivity contribution >= 4 is 17.6 Å². The summed E-state index contributed by atoms with van der Waals surface area (Å²) in [6.07, 6.45) is 7.15. The van der Waals surface area contributed by atoms with Gasteiger partial charge < -0.3 is 29.7 Å². The highest BCUT2D eigenvalue weighted by molar-refractivity contribution is 5.99. The monoisotopic (exact) mass is 543 g/mol. The van der Waals surface area contributed by atoms with Crippen LogP contribution in [0, 0.1) is 12.3 Å². The lowest BCUT2D eigenvalue weighted by Crippen LogP contribution is -2.51. The number of rotatable bonds is 9. The molecule has 2 heterocycles. The number of carbonyl (C=O) groups is 2. The van der Waals surface area contributed by atoms with Crippen molar-refractivity contribution in [3.63, 3.8) is 0 Å². The van der Waals surface area contributed by atoms with E-state index < -0.39 is 17.9 Å². The van der Waals surface area contributed by atoms with Crippen LogP contribution < -0.4 is 20.3 Å². The van der Waals surface area contributed by atoms with Crippen LogP contribution in [-0.4, -0.2) is 58.4 Å². The number of carbonyl (C=O) groups excluding carboxylic acids is 2. The normalized spacial score (nSPS) is 19.0. The maximum absolute atomic E-state index is 13.6. The fraction of sp³-hybridized carbons (Fsp3) is 0.375. The molecule has 0 spiro atoms. The molecule has 2 aromatic rings. The van der Waals surface area contributed by atoms with Crippen molar-refractivity contribution < 1.29 is 23.8 Å². The molecule has 4 rings (SSSR count). The van der Waals surface area contributed by atoms with E-state index >= 15 is 0 Å². The molecule has 1 saturated heterocycles. The van der Waals surface area contributed by atoms with Gasteiger partial charge in [0.2, 0.25) is 0 Å². The average molecular weight is 544 g/mol. The summed E-state index contributed by atoms with van der Waals surface area (Å²) in [7, 11) is 3.01. The lowest BCUT2D eigenvalue weighted by Gasteiger charge is -2.38. The number of hydrogen-bond donors (Lipinski definition) is 2. The van der Waals surface area contributed by atoms with Crippen molar-refractivity contribution in [2.75, 3.05) is 45.4 Å². The number of nitrogens with zero attached hydrogens (tertiary/aromatic N) is 1. The molecule has 0 amide bonds. The van der Waals surface area contributed by atoms with Gasteiger partial charge in [-0.15, -0.1) is 6.42 Å². The topological polar surface area (TPSA) is 89.1 Å². The third-order valence-electron chi connectivity index (χ3n) is 7.43. The molecule has 0 aliphatic carbocycles. The molecule has 2 unspecified atom stereocenters. The van der Waals surface area contributed by atoms with Crippen molar-refractivity contribution in [1.29, 1.82) is 0 Å². The zero-order valence-corrected chi connectivity index (χ0v) is 23.6. The fourth-order valence-corrected chi connectivity index (χ4v) is 5.55. The second kappa shape index (κ2) is 13.2. The molecule has 1 fully saturated rings. The number of allylic oxidation sites excluding steroid dienone is 2. The van der Waals surface area contributed by atoms with E-state index in [0.29, 0.717) is 34.5 Å². The minimum Gasteiger partial charge on any atom is -0.495 e. The summed E-state index contributed by atoms with van der Waals surface area (Å²) < 4.78 is 16.5. The SMILES string of the molecule is C#Cc1cccc(C2C(C(=O)OC)=C(C)NC(C)=C2C(=O)OCCCC2CNCCN2c2ccccc2OC)c1. The minimum absolute atomic E-state index is 0.233. The first-order valence-electron chi connectivity index (χ1n) is 13.5. The molecular formula is C32H37N3O5. The van der Waals surface area contributed by atoms with Crippen molar-refractivity contribution in [3.8, 4) is 18.1 Å². The van der Waals surface area contributed by atoms with Crippen molar-refractivity contribution in [1.82, 2.24) is 10.6 Å². The van der Waals surface area contributed by atoms with Gasteiger partial charge in [0.1, 0.15) is 5.75 Å². The summed E-state index contributed by atoms with van der Waals surface area (Å²) in [6, 6.07) is 15.6. The van der Waals surface area contributed by atoms with E-state index in [1.165, 1.54) is 7.11 Å². The van der Waals surface area contributed by atoms with E-state index in [0.717, 1.165) is 43.1 Å². The van der Waals surface area contributed by atoms with E-state index in [2.05, 4.69) is 27.5 Å². The van der Waals surface area contributed by atoms with Crippen LogP contribution >= 0.6 is 0 Å². The van der Waals surface area contributed by atoms with E-state index in [4.69, 9.17) is 20.6 Å². The second-order valence-electron chi connectivity index (χ2n) is 9.90. The number of ether oxygens (including phenoxy) is 3. The Hall–Kier alpha value is -4.22. The first-order chi connectivity index (χ1) is 19.4. The molecule has 2 N–H and O–H groups in total. The summed E-state index contributed by atoms with van der Waals surface area (Å²) in [4.78, 5) is 28.8. The minimum atomic E-state index is -0.668. The Kier molecular flexibility index (Phi) is 9.52. The Bertz CT molecular complexity index is 1360. The molecule has 0 radical (unpaired) electrons. The van der Waals surface area contributed by atoms with Crippen LogP contribution in [0.25, 0.3) is 0 Å². The number of hydrogen-bond acceptors (Lipinski definition) is 8. The van der Waals surface area contributed by atoms with Gasteiger partial charge in [-0.25, -0.2) is 9.59 Å². The summed E-state index contributed by atoms with van der Waals surface area (Å²) in [6.45, 7) is 6.44. The van der Waals surface area contributed by atoms with E-state index in [1.54, 1.807) is 14.0 Å². The van der Waals surface area contributed by atoms with Gasteiger partial charge in [-0.05, 0) is 56.5 Å². The van der Waals surface area contributed by atoms with E-state index in [-0.39, 0.29) is 12.6 Å². The predicted octanol–water partition coefficient (Wildman–Crippen LogP) is 3.89. The summed E-state index contributed by atoms with van der Waals surface area (Å²) in [5.41, 5.74) is 4.43. The van der Waals surface area contributed by atoms with Gasteiger partial charge in [0.15, 0.2) is 0 Å². The van der Waals surface area contributed by atoms with Crippen molar-refractivity contribution in [2.24, 2.45) is 0 Å². The third-order valence-corrected chi connectivity index (χ3v) is 7.43. The van der Waals surface area contributed by atoms with Crippen LogP contribution in [0.1, 0.15) is 43.7 Å². The first kappa shape index (κ1) is 28.8. The van der Waals surface area contributed by atoms with Gasteiger partial charge in [0, 0.05) is 42.6 Å². The molecule has 2 aromatic carbocycles. The Labute approximate surface area is 236 Å². The van der Waals surface area contributed by atoms with Crippen LogP contribution in [0.4, 0.5) is 5.69 Å². The highest BCUT2D eigenvalue weighted by Crippen LogP contribution is 2.39. The zero-order chi connectivity index (χ0) is 28.6. The van der Waals surface area contributed by atoms with Crippen LogP contribution in [0.2, 0.25) is 0 Å². The Morgan fingerprint density at radius 3 is 2.52 bits per heavy atom. The number of para-hydroxylation sites is 2. The van der Waals surface area contributed by atoms with Crippen LogP contribution in [-0.2, 0) is 19.1 Å². The molecule has 210 valence electrons. The van der Waals surface area contributed by atoms with Gasteiger partial charge in [-0.1, -0.05) is 30.2 Å². The Morgan fingerprint density at radius 2 is 1.80 bits per heavy atom. The van der Waals surface area contributed by atoms with Crippen LogP contribution in [0.3, 0.4) is 0 Å². The molecule has 2 aliphatic heterocycles. The molecule has 8 nitrogen and oxygen atoms in total. The molecule has 2 aliphatic rings. The van der Waals surface area contributed by atoms with E-state index in [1.807, 2.05) is 49.4 Å². The lowest BCUT2D eigenvalue weighted by atomic mass is 9.80. The molecule has 40 heavy (non-hydrogen) atoms. The van der Waals surface area contributed by atoms with Crippen LogP contribution in [0.5, 0.6) is 5.75 Å². The standard InChI is InChI=1S/C32H37N3O5/c1-6-23-11-9-12-24(19-23)30-28(31(36)39-5)21(2)34-22(3)29(30)32(37)40-18-10-13-25-20-33-16-17-35(25)26-14-7-8-15-27(26)38-4/h1,7-9,11-12,14-15,19,25,30,33-34H,10,13,16-18,20H2,2-5H3. The van der Waals surface area contributed by atoms with Gasteiger partial charge in [0.05, 0.1) is 43.6 Å². The largest absolute Gasteiger partial charge is 0.495 e. The predicted molar refractivity (Wildman–Crippen MR) is 155 cm³/mol. The summed E-state index contributed by atoms with van der Waals surface area (Å²) >= 11 is 0. The highest BCUT2D eigenvalue weighted by atomic mass is 16.5. The smallest absolute Gasteiger partial charge is 0.336 e. The van der Waals surface area contributed by atoms with Crippen LogP contribution in [0.15, 0.2) is 71.1 Å². The Morgan fingerprint density at radius 1 is 1.05 bits per heavy atom. The fourth-order valence-electron chi connectivity index (χ4n) is 5.55. The Balaban J connectivity index is 1.49. The number of terminal acetylenes is 1. The molecule has 2 atom stereocenters. The lowest BCUT2D eigenvalue weighted by molar-refractivity contribution is -0.139. The zero-order valence-electron chi connectivity index (χ0n) is 23.6. The number of esters is 2. The number of dihydropyridines is 1. The summed E-state index contributed by atoms with van der Waals surface area (Å²) in [5.74, 6) is 1.82. The number of methoxy groups -OCH3 is 2. The van der Waals surface area contributed by atoms with Gasteiger partial charge in [0.25, 0.3) is 0 Å². The molecule has 0 aromatic heterocycles. The van der Waals surface area contributed by atoms with Crippen molar-refractivity contribution in [3.05, 3.63) is 82.2 Å². The highest BCUT2D eigenvalue weighted by Gasteiger charge is 2.38. The maximum Gasteiger partial charge on any atom is 0.336 e. The molecule has 0 saturated carbocycles. The quantitative estimate of drug-likeness (QED) is 0.280. The van der Waals surface area contributed by atoms with Gasteiger partial charge >= 0.3 is 11.9 Å². The van der Waals surface area contributed by atoms with Gasteiger partial charge in [-0.2, -0.15) is 0 Å². The maximum atomic E-state index is 13.6. The number of piperazine rings is 1. The average Bonchev–Trinajstić information content (AvgIpc) is 2.98.